The van der Waals surface area contributed by atoms with Gasteiger partial charge in [-0.15, -0.1) is 0 Å². The summed E-state index contributed by atoms with van der Waals surface area (Å²) in [5.74, 6) is 0. The lowest BCUT2D eigenvalue weighted by Crippen LogP contribution is -2.10. The molecule has 0 fully saturated rings. The number of anilines is 1. The number of nitrogens with one attached hydrogen (secondary N) is 1. The standard InChI is InChI=1S/C17H18Cl3N/c1-3-11-5-7-12(8-6-11)16(4-2)21-17-10-14(19)13(18)9-15(17)20/h5-10,16,21H,3-4H2,1-2H3. The Kier molecular flexibility index (Phi) is 5.80. The Morgan fingerprint density at radius 1 is 0.905 bits per heavy atom. The first kappa shape index (κ1) is 16.5. The van der Waals surface area contributed by atoms with Gasteiger partial charge >= 0.3 is 0 Å². The van der Waals surface area contributed by atoms with E-state index in [2.05, 4.69) is 43.4 Å². The number of benzene rings is 2. The maximum atomic E-state index is 6.23. The zero-order valence-electron chi connectivity index (χ0n) is 12.1. The van der Waals surface area contributed by atoms with Gasteiger partial charge in [-0.25, -0.2) is 0 Å². The van der Waals surface area contributed by atoms with Crippen molar-refractivity contribution in [1.82, 2.24) is 0 Å². The van der Waals surface area contributed by atoms with Crippen molar-refractivity contribution >= 4 is 40.5 Å². The zero-order chi connectivity index (χ0) is 15.4. The summed E-state index contributed by atoms with van der Waals surface area (Å²) in [6.07, 6.45) is 1.99. The van der Waals surface area contributed by atoms with Crippen LogP contribution in [0.4, 0.5) is 5.69 Å². The van der Waals surface area contributed by atoms with Gasteiger partial charge in [0.15, 0.2) is 0 Å². The highest BCUT2D eigenvalue weighted by atomic mass is 35.5. The minimum atomic E-state index is 0.186. The van der Waals surface area contributed by atoms with Gasteiger partial charge in [0.1, 0.15) is 0 Å². The third-order valence-electron chi connectivity index (χ3n) is 3.54. The molecule has 0 aliphatic heterocycles. The molecule has 0 amide bonds. The monoisotopic (exact) mass is 341 g/mol. The van der Waals surface area contributed by atoms with Crippen LogP contribution in [-0.4, -0.2) is 0 Å². The van der Waals surface area contributed by atoms with Crippen LogP contribution in [0.1, 0.15) is 37.4 Å². The number of rotatable bonds is 5. The average Bonchev–Trinajstić information content (AvgIpc) is 2.50. The number of hydrogen-bond acceptors (Lipinski definition) is 1. The molecule has 0 aliphatic carbocycles. The Morgan fingerprint density at radius 3 is 2.10 bits per heavy atom. The van der Waals surface area contributed by atoms with Crippen molar-refractivity contribution in [1.29, 1.82) is 0 Å². The lowest BCUT2D eigenvalue weighted by atomic mass is 10.0. The van der Waals surface area contributed by atoms with Gasteiger partial charge in [0, 0.05) is 0 Å². The van der Waals surface area contributed by atoms with Crippen molar-refractivity contribution in [2.24, 2.45) is 0 Å². The molecule has 0 heterocycles. The van der Waals surface area contributed by atoms with Gasteiger partial charge in [0.25, 0.3) is 0 Å². The minimum absolute atomic E-state index is 0.186. The van der Waals surface area contributed by atoms with Crippen molar-refractivity contribution in [3.05, 3.63) is 62.6 Å². The van der Waals surface area contributed by atoms with E-state index in [9.17, 15) is 0 Å². The highest BCUT2D eigenvalue weighted by Gasteiger charge is 2.12. The van der Waals surface area contributed by atoms with Crippen LogP contribution in [-0.2, 0) is 6.42 Å². The van der Waals surface area contributed by atoms with E-state index in [-0.39, 0.29) is 6.04 Å². The molecule has 0 saturated carbocycles. The summed E-state index contributed by atoms with van der Waals surface area (Å²) in [4.78, 5) is 0. The Bertz CT molecular complexity index is 608. The molecule has 1 nitrogen and oxygen atoms in total. The Hall–Kier alpha value is -0.890. The molecular weight excluding hydrogens is 325 g/mol. The minimum Gasteiger partial charge on any atom is -0.377 e. The fourth-order valence-electron chi connectivity index (χ4n) is 2.23. The second-order valence-corrected chi connectivity index (χ2v) is 6.17. The Balaban J connectivity index is 2.24. The molecule has 21 heavy (non-hydrogen) atoms. The molecule has 0 aliphatic rings. The average molecular weight is 343 g/mol. The number of hydrogen-bond donors (Lipinski definition) is 1. The smallest absolute Gasteiger partial charge is 0.0653 e. The zero-order valence-corrected chi connectivity index (χ0v) is 14.4. The van der Waals surface area contributed by atoms with Gasteiger partial charge in [0.2, 0.25) is 0 Å². The molecule has 0 aromatic heterocycles. The summed E-state index contributed by atoms with van der Waals surface area (Å²) in [7, 11) is 0. The lowest BCUT2D eigenvalue weighted by molar-refractivity contribution is 0.749. The summed E-state index contributed by atoms with van der Waals surface area (Å²) < 4.78 is 0. The van der Waals surface area contributed by atoms with E-state index in [0.29, 0.717) is 15.1 Å². The maximum Gasteiger partial charge on any atom is 0.0653 e. The van der Waals surface area contributed by atoms with E-state index >= 15 is 0 Å². The molecule has 2 aromatic rings. The summed E-state index contributed by atoms with van der Waals surface area (Å²) in [5, 5.41) is 4.99. The fourth-order valence-corrected chi connectivity index (χ4v) is 2.83. The van der Waals surface area contributed by atoms with Gasteiger partial charge in [-0.1, -0.05) is 72.9 Å². The second-order valence-electron chi connectivity index (χ2n) is 4.95. The normalized spacial score (nSPS) is 12.2. The second kappa shape index (κ2) is 7.40. The molecule has 0 radical (unpaired) electrons. The van der Waals surface area contributed by atoms with Crippen molar-refractivity contribution < 1.29 is 0 Å². The van der Waals surface area contributed by atoms with Gasteiger partial charge in [0.05, 0.1) is 26.8 Å². The molecule has 1 unspecified atom stereocenters. The maximum absolute atomic E-state index is 6.23. The molecule has 1 N–H and O–H groups in total. The van der Waals surface area contributed by atoms with Crippen LogP contribution in [0.15, 0.2) is 36.4 Å². The number of aryl methyl sites for hydroxylation is 1. The van der Waals surface area contributed by atoms with E-state index in [4.69, 9.17) is 34.8 Å². The van der Waals surface area contributed by atoms with Gasteiger partial charge in [-0.2, -0.15) is 0 Å². The summed E-state index contributed by atoms with van der Waals surface area (Å²) >= 11 is 18.3. The van der Waals surface area contributed by atoms with Gasteiger partial charge in [-0.05, 0) is 36.1 Å². The van der Waals surface area contributed by atoms with E-state index in [1.165, 1.54) is 11.1 Å². The molecule has 112 valence electrons. The van der Waals surface area contributed by atoms with E-state index < -0.39 is 0 Å². The van der Waals surface area contributed by atoms with Crippen LogP contribution >= 0.6 is 34.8 Å². The van der Waals surface area contributed by atoms with E-state index in [1.54, 1.807) is 12.1 Å². The summed E-state index contributed by atoms with van der Waals surface area (Å²) in [5.41, 5.74) is 3.37. The highest BCUT2D eigenvalue weighted by molar-refractivity contribution is 6.44. The van der Waals surface area contributed by atoms with Crippen molar-refractivity contribution in [3.63, 3.8) is 0 Å². The van der Waals surface area contributed by atoms with Crippen molar-refractivity contribution in [3.8, 4) is 0 Å². The Labute approximate surface area is 141 Å². The van der Waals surface area contributed by atoms with E-state index in [1.807, 2.05) is 0 Å². The number of halogens is 3. The predicted octanol–water partition coefficient (Wildman–Crippen LogP) is 6.77. The van der Waals surface area contributed by atoms with Crippen LogP contribution in [0.3, 0.4) is 0 Å². The predicted molar refractivity (Wildman–Crippen MR) is 93.9 cm³/mol. The summed E-state index contributed by atoms with van der Waals surface area (Å²) in [6.45, 7) is 4.29. The molecule has 2 aromatic carbocycles. The molecule has 0 saturated heterocycles. The van der Waals surface area contributed by atoms with Crippen LogP contribution in [0.2, 0.25) is 15.1 Å². The molecule has 0 spiro atoms. The van der Waals surface area contributed by atoms with Gasteiger partial charge < -0.3 is 5.32 Å². The molecular formula is C17H18Cl3N. The molecule has 0 bridgehead atoms. The van der Waals surface area contributed by atoms with E-state index in [0.717, 1.165) is 18.5 Å². The molecule has 4 heteroatoms. The topological polar surface area (TPSA) is 12.0 Å². The molecule has 2 rings (SSSR count). The van der Waals surface area contributed by atoms with Crippen molar-refractivity contribution in [2.75, 3.05) is 5.32 Å². The largest absolute Gasteiger partial charge is 0.377 e. The fraction of sp³-hybridized carbons (Fsp3) is 0.294. The first-order valence-electron chi connectivity index (χ1n) is 7.05. The highest BCUT2D eigenvalue weighted by Crippen LogP contribution is 2.34. The van der Waals surface area contributed by atoms with Crippen molar-refractivity contribution in [2.45, 2.75) is 32.7 Å². The first-order valence-corrected chi connectivity index (χ1v) is 8.18. The third kappa shape index (κ3) is 4.06. The van der Waals surface area contributed by atoms with Crippen LogP contribution in [0, 0.1) is 0 Å². The first-order chi connectivity index (χ1) is 10.0. The Morgan fingerprint density at radius 2 is 1.52 bits per heavy atom. The van der Waals surface area contributed by atoms with Crippen LogP contribution in [0.5, 0.6) is 0 Å². The third-order valence-corrected chi connectivity index (χ3v) is 4.57. The lowest BCUT2D eigenvalue weighted by Gasteiger charge is -2.20. The molecule has 1 atom stereocenters. The SMILES string of the molecule is CCc1ccc(C(CC)Nc2cc(Cl)c(Cl)cc2Cl)cc1. The van der Waals surface area contributed by atoms with Gasteiger partial charge in [-0.3, -0.25) is 0 Å². The van der Waals surface area contributed by atoms with Crippen LogP contribution in [0.25, 0.3) is 0 Å². The quantitative estimate of drug-likeness (QED) is 0.591. The summed E-state index contributed by atoms with van der Waals surface area (Å²) in [6, 6.07) is 12.3. The van der Waals surface area contributed by atoms with Crippen LogP contribution < -0.4 is 5.32 Å².